The van der Waals surface area contributed by atoms with Crippen LogP contribution >= 0.6 is 11.8 Å². The molecule has 0 spiro atoms. The SMILES string of the molecule is CCC(C)C1CN(CCSC)C(C2CC2)CN1. The topological polar surface area (TPSA) is 15.3 Å². The van der Waals surface area contributed by atoms with Gasteiger partial charge in [0.15, 0.2) is 0 Å². The van der Waals surface area contributed by atoms with Gasteiger partial charge in [0.1, 0.15) is 0 Å². The average molecular weight is 256 g/mol. The third-order valence-electron chi connectivity index (χ3n) is 4.57. The molecule has 2 fully saturated rings. The highest BCUT2D eigenvalue weighted by Crippen LogP contribution is 2.36. The first-order valence-corrected chi connectivity index (χ1v) is 8.62. The van der Waals surface area contributed by atoms with Gasteiger partial charge >= 0.3 is 0 Å². The minimum absolute atomic E-state index is 0.719. The number of piperazine rings is 1. The third kappa shape index (κ3) is 3.62. The van der Waals surface area contributed by atoms with Crippen LogP contribution in [-0.2, 0) is 0 Å². The van der Waals surface area contributed by atoms with Gasteiger partial charge in [-0.3, -0.25) is 4.90 Å². The average Bonchev–Trinajstić information content (AvgIpc) is 3.19. The molecule has 0 amide bonds. The van der Waals surface area contributed by atoms with Crippen molar-refractivity contribution >= 4 is 11.8 Å². The Labute approximate surface area is 111 Å². The van der Waals surface area contributed by atoms with Crippen molar-refractivity contribution in [3.8, 4) is 0 Å². The number of nitrogens with one attached hydrogen (secondary N) is 1. The Hall–Kier alpha value is 0.270. The van der Waals surface area contributed by atoms with Gasteiger partial charge in [0.05, 0.1) is 0 Å². The van der Waals surface area contributed by atoms with E-state index in [0.717, 1.165) is 23.9 Å². The van der Waals surface area contributed by atoms with Crippen molar-refractivity contribution in [1.82, 2.24) is 10.2 Å². The van der Waals surface area contributed by atoms with Crippen molar-refractivity contribution < 1.29 is 0 Å². The van der Waals surface area contributed by atoms with Crippen molar-refractivity contribution in [3.05, 3.63) is 0 Å². The monoisotopic (exact) mass is 256 g/mol. The molecule has 17 heavy (non-hydrogen) atoms. The summed E-state index contributed by atoms with van der Waals surface area (Å²) in [6.45, 7) is 8.50. The van der Waals surface area contributed by atoms with Crippen molar-refractivity contribution in [2.24, 2.45) is 11.8 Å². The quantitative estimate of drug-likeness (QED) is 0.786. The fraction of sp³-hybridized carbons (Fsp3) is 1.00. The molecule has 1 aliphatic carbocycles. The normalized spacial score (nSPS) is 32.6. The van der Waals surface area contributed by atoms with Gasteiger partial charge in [0.25, 0.3) is 0 Å². The number of nitrogens with zero attached hydrogens (tertiary/aromatic N) is 1. The minimum Gasteiger partial charge on any atom is -0.311 e. The molecule has 0 aromatic carbocycles. The lowest BCUT2D eigenvalue weighted by atomic mass is 9.94. The molecule has 3 unspecified atom stereocenters. The van der Waals surface area contributed by atoms with E-state index in [1.807, 2.05) is 11.8 Å². The summed E-state index contributed by atoms with van der Waals surface area (Å²) in [6.07, 6.45) is 6.45. The van der Waals surface area contributed by atoms with Gasteiger partial charge in [-0.1, -0.05) is 20.3 Å². The van der Waals surface area contributed by atoms with Gasteiger partial charge in [-0.05, 0) is 30.9 Å². The molecule has 1 saturated heterocycles. The molecule has 0 aromatic rings. The molecular weight excluding hydrogens is 228 g/mol. The molecule has 1 aliphatic heterocycles. The van der Waals surface area contributed by atoms with Gasteiger partial charge in [0, 0.05) is 37.5 Å². The van der Waals surface area contributed by atoms with E-state index in [1.54, 1.807) is 0 Å². The summed E-state index contributed by atoms with van der Waals surface area (Å²) in [5.74, 6) is 3.10. The molecule has 0 aromatic heterocycles. The van der Waals surface area contributed by atoms with Crippen LogP contribution in [0, 0.1) is 11.8 Å². The molecule has 2 nitrogen and oxygen atoms in total. The summed E-state index contributed by atoms with van der Waals surface area (Å²) >= 11 is 1.98. The molecule has 3 heteroatoms. The zero-order valence-electron chi connectivity index (χ0n) is 11.6. The largest absolute Gasteiger partial charge is 0.311 e. The highest BCUT2D eigenvalue weighted by molar-refractivity contribution is 7.98. The molecule has 3 atom stereocenters. The van der Waals surface area contributed by atoms with Crippen LogP contribution < -0.4 is 5.32 Å². The molecular formula is C14H28N2S. The van der Waals surface area contributed by atoms with Crippen LogP contribution in [-0.4, -0.2) is 48.6 Å². The van der Waals surface area contributed by atoms with E-state index < -0.39 is 0 Å². The Balaban J connectivity index is 1.89. The van der Waals surface area contributed by atoms with E-state index in [0.29, 0.717) is 0 Å². The standard InChI is InChI=1S/C14H28N2S/c1-4-11(2)13-10-16(7-8-17-3)14(9-15-13)12-5-6-12/h11-15H,4-10H2,1-3H3. The van der Waals surface area contributed by atoms with Gasteiger partial charge in [-0.15, -0.1) is 0 Å². The van der Waals surface area contributed by atoms with Crippen LogP contribution in [0.2, 0.25) is 0 Å². The summed E-state index contributed by atoms with van der Waals surface area (Å²) in [6, 6.07) is 1.55. The van der Waals surface area contributed by atoms with Crippen molar-refractivity contribution in [1.29, 1.82) is 0 Å². The maximum absolute atomic E-state index is 3.80. The van der Waals surface area contributed by atoms with Crippen molar-refractivity contribution in [2.75, 3.05) is 31.6 Å². The Kier molecular flexibility index (Phi) is 5.19. The van der Waals surface area contributed by atoms with Gasteiger partial charge in [0.2, 0.25) is 0 Å². The van der Waals surface area contributed by atoms with Crippen molar-refractivity contribution in [2.45, 2.75) is 45.2 Å². The maximum atomic E-state index is 3.80. The fourth-order valence-electron chi connectivity index (χ4n) is 2.93. The second-order valence-corrected chi connectivity index (χ2v) is 6.78. The second-order valence-electron chi connectivity index (χ2n) is 5.79. The van der Waals surface area contributed by atoms with E-state index in [4.69, 9.17) is 0 Å². The number of thioether (sulfide) groups is 1. The smallest absolute Gasteiger partial charge is 0.0249 e. The summed E-state index contributed by atoms with van der Waals surface area (Å²) in [4.78, 5) is 2.78. The summed E-state index contributed by atoms with van der Waals surface area (Å²) in [5, 5.41) is 3.80. The zero-order chi connectivity index (χ0) is 12.3. The Morgan fingerprint density at radius 2 is 2.18 bits per heavy atom. The number of rotatable bonds is 6. The molecule has 100 valence electrons. The Morgan fingerprint density at radius 1 is 1.41 bits per heavy atom. The maximum Gasteiger partial charge on any atom is 0.0249 e. The molecule has 0 radical (unpaired) electrons. The van der Waals surface area contributed by atoms with Gasteiger partial charge in [-0.2, -0.15) is 11.8 Å². The lowest BCUT2D eigenvalue weighted by molar-refractivity contribution is 0.103. The van der Waals surface area contributed by atoms with E-state index in [-0.39, 0.29) is 0 Å². The van der Waals surface area contributed by atoms with Crippen LogP contribution in [0.25, 0.3) is 0 Å². The van der Waals surface area contributed by atoms with E-state index >= 15 is 0 Å². The van der Waals surface area contributed by atoms with E-state index in [1.165, 1.54) is 44.6 Å². The van der Waals surface area contributed by atoms with Gasteiger partial charge < -0.3 is 5.32 Å². The fourth-order valence-corrected chi connectivity index (χ4v) is 3.35. The molecule has 2 rings (SSSR count). The van der Waals surface area contributed by atoms with Gasteiger partial charge in [-0.25, -0.2) is 0 Å². The molecule has 0 bridgehead atoms. The predicted molar refractivity (Wildman–Crippen MR) is 77.7 cm³/mol. The van der Waals surface area contributed by atoms with E-state index in [2.05, 4.69) is 30.3 Å². The lowest BCUT2D eigenvalue weighted by Crippen LogP contribution is -2.59. The molecule has 1 heterocycles. The highest BCUT2D eigenvalue weighted by atomic mass is 32.2. The third-order valence-corrected chi connectivity index (χ3v) is 5.16. The lowest BCUT2D eigenvalue weighted by Gasteiger charge is -2.42. The molecule has 2 aliphatic rings. The van der Waals surface area contributed by atoms with Crippen LogP contribution in [0.1, 0.15) is 33.1 Å². The number of hydrogen-bond acceptors (Lipinski definition) is 3. The van der Waals surface area contributed by atoms with Crippen LogP contribution in [0.3, 0.4) is 0 Å². The second kappa shape index (κ2) is 6.44. The Morgan fingerprint density at radius 3 is 2.76 bits per heavy atom. The minimum atomic E-state index is 0.719. The molecule has 1 N–H and O–H groups in total. The highest BCUT2D eigenvalue weighted by Gasteiger charge is 2.39. The first-order valence-electron chi connectivity index (χ1n) is 7.22. The Bertz CT molecular complexity index is 230. The van der Waals surface area contributed by atoms with Crippen LogP contribution in [0.5, 0.6) is 0 Å². The van der Waals surface area contributed by atoms with Crippen LogP contribution in [0.4, 0.5) is 0 Å². The first kappa shape index (κ1) is 13.7. The first-order chi connectivity index (χ1) is 8.26. The predicted octanol–water partition coefficient (Wildman–Crippen LogP) is 2.45. The van der Waals surface area contributed by atoms with E-state index in [9.17, 15) is 0 Å². The van der Waals surface area contributed by atoms with Crippen molar-refractivity contribution in [3.63, 3.8) is 0 Å². The summed E-state index contributed by atoms with van der Waals surface area (Å²) in [7, 11) is 0. The van der Waals surface area contributed by atoms with Crippen LogP contribution in [0.15, 0.2) is 0 Å². The summed E-state index contributed by atoms with van der Waals surface area (Å²) in [5.41, 5.74) is 0. The summed E-state index contributed by atoms with van der Waals surface area (Å²) < 4.78 is 0. The molecule has 1 saturated carbocycles. The zero-order valence-corrected chi connectivity index (χ0v) is 12.4. The number of hydrogen-bond donors (Lipinski definition) is 1.